The summed E-state index contributed by atoms with van der Waals surface area (Å²) in [7, 11) is -3.52. The first kappa shape index (κ1) is 22.3. The molecule has 0 amide bonds. The molecule has 0 spiro atoms. The first-order valence-electron chi connectivity index (χ1n) is 6.71. The predicted octanol–water partition coefficient (Wildman–Crippen LogP) is 0.282. The Morgan fingerprint density at radius 1 is 1.33 bits per heavy atom. The van der Waals surface area contributed by atoms with Crippen molar-refractivity contribution in [3.05, 3.63) is 10.4 Å². The lowest BCUT2D eigenvalue weighted by atomic mass is 10.2. The van der Waals surface area contributed by atoms with Crippen LogP contribution in [0.25, 0.3) is 10.4 Å². The van der Waals surface area contributed by atoms with Crippen LogP contribution in [0.2, 0.25) is 0 Å². The van der Waals surface area contributed by atoms with Gasteiger partial charge in [-0.3, -0.25) is 18.7 Å². The van der Waals surface area contributed by atoms with Crippen LogP contribution < -0.4 is 0 Å². The molecule has 12 nitrogen and oxygen atoms in total. The second-order valence-corrected chi connectivity index (χ2v) is 5.27. The molecule has 0 aliphatic rings. The third-order valence-electron chi connectivity index (χ3n) is 2.55. The van der Waals surface area contributed by atoms with Gasteiger partial charge in [0.05, 0.1) is 6.61 Å². The maximum absolute atomic E-state index is 11.0. The van der Waals surface area contributed by atoms with Crippen molar-refractivity contribution in [2.75, 3.05) is 13.2 Å². The molecule has 0 aliphatic carbocycles. The summed E-state index contributed by atoms with van der Waals surface area (Å²) < 4.78 is 30.4. The van der Waals surface area contributed by atoms with Gasteiger partial charge in [0, 0.05) is 18.8 Å². The van der Waals surface area contributed by atoms with Gasteiger partial charge in [-0.2, -0.15) is 0 Å². The minimum Gasteiger partial charge on any atom is -0.465 e. The lowest BCUT2D eigenvalue weighted by molar-refractivity contribution is -0.189. The number of aliphatic hydroxyl groups is 1. The number of ether oxygens (including phenoxy) is 3. The second kappa shape index (κ2) is 11.8. The first-order valence-corrected chi connectivity index (χ1v) is 7.98. The summed E-state index contributed by atoms with van der Waals surface area (Å²) in [6, 6.07) is -1.31. The van der Waals surface area contributed by atoms with Gasteiger partial charge < -0.3 is 24.2 Å². The smallest absolute Gasteiger partial charge is 0.318 e. The largest absolute Gasteiger partial charge is 0.465 e. The van der Waals surface area contributed by atoms with Gasteiger partial charge in [-0.15, -0.1) is 0 Å². The zero-order valence-corrected chi connectivity index (χ0v) is 14.3. The van der Waals surface area contributed by atoms with Crippen molar-refractivity contribution in [1.82, 2.24) is 0 Å². The average molecular weight is 369 g/mol. The molecule has 0 bridgehead atoms. The number of azide groups is 1. The van der Waals surface area contributed by atoms with Crippen molar-refractivity contribution >= 4 is 20.2 Å². The van der Waals surface area contributed by atoms with Crippen molar-refractivity contribution in [2.24, 2.45) is 5.11 Å². The molecule has 24 heavy (non-hydrogen) atoms. The topological polar surface area (TPSA) is 177 Å². The van der Waals surface area contributed by atoms with Crippen LogP contribution in [0.15, 0.2) is 5.11 Å². The Labute approximate surface area is 138 Å². The third-order valence-corrected chi connectivity index (χ3v) is 2.99. The highest BCUT2D eigenvalue weighted by Gasteiger charge is 2.31. The molecule has 5 atom stereocenters. The fraction of sp³-hybridized carbons (Fsp3) is 0.818. The number of hydrogen-bond donors (Lipinski definition) is 2. The van der Waals surface area contributed by atoms with E-state index >= 15 is 0 Å². The van der Waals surface area contributed by atoms with E-state index in [9.17, 15) is 19.3 Å². The predicted molar refractivity (Wildman–Crippen MR) is 78.8 cm³/mol. The van der Waals surface area contributed by atoms with Crippen LogP contribution >= 0.6 is 8.25 Å². The number of carbonyl (C=O) groups excluding carboxylic acids is 2. The highest BCUT2D eigenvalue weighted by molar-refractivity contribution is 7.32. The van der Waals surface area contributed by atoms with Gasteiger partial charge in [-0.25, -0.2) is 0 Å². The van der Waals surface area contributed by atoms with Crippen LogP contribution in [0, 0.1) is 0 Å². The fourth-order valence-corrected chi connectivity index (χ4v) is 1.96. The number of rotatable bonds is 11. The summed E-state index contributed by atoms with van der Waals surface area (Å²) in [6.45, 7) is 2.55. The molecule has 138 valence electrons. The van der Waals surface area contributed by atoms with Crippen LogP contribution in [-0.4, -0.2) is 59.7 Å². The maximum atomic E-state index is 11.0. The summed E-state index contributed by atoms with van der Waals surface area (Å²) in [6.07, 6.45) is -3.69. The Kier molecular flexibility index (Phi) is 11.0. The first-order chi connectivity index (χ1) is 11.2. The van der Waals surface area contributed by atoms with E-state index < -0.39 is 57.9 Å². The molecule has 0 radical (unpaired) electrons. The van der Waals surface area contributed by atoms with Crippen molar-refractivity contribution in [1.29, 1.82) is 0 Å². The lowest BCUT2D eigenvalue weighted by Gasteiger charge is -2.29. The summed E-state index contributed by atoms with van der Waals surface area (Å²) in [4.78, 5) is 33.3. The van der Waals surface area contributed by atoms with E-state index in [0.29, 0.717) is 0 Å². The van der Waals surface area contributed by atoms with E-state index in [2.05, 4.69) is 19.3 Å². The van der Waals surface area contributed by atoms with Crippen LogP contribution in [0.3, 0.4) is 0 Å². The van der Waals surface area contributed by atoms with Crippen molar-refractivity contribution in [2.45, 2.75) is 45.3 Å². The van der Waals surface area contributed by atoms with E-state index in [1.54, 1.807) is 0 Å². The molecule has 0 heterocycles. The van der Waals surface area contributed by atoms with Crippen LogP contribution in [0.5, 0.6) is 0 Å². The van der Waals surface area contributed by atoms with Crippen LogP contribution in [0.4, 0.5) is 0 Å². The van der Waals surface area contributed by atoms with Crippen LogP contribution in [-0.2, 0) is 32.9 Å². The molecule has 0 aromatic heterocycles. The number of esters is 2. The molecule has 0 aromatic carbocycles. The Morgan fingerprint density at radius 2 is 1.96 bits per heavy atom. The zero-order valence-electron chi connectivity index (χ0n) is 13.3. The van der Waals surface area contributed by atoms with Gasteiger partial charge >= 0.3 is 20.2 Å². The summed E-state index contributed by atoms with van der Waals surface area (Å²) >= 11 is 0. The molecule has 0 aromatic rings. The van der Waals surface area contributed by atoms with Crippen molar-refractivity contribution < 1.29 is 42.9 Å². The molecular weight excluding hydrogens is 349 g/mol. The van der Waals surface area contributed by atoms with Crippen molar-refractivity contribution in [3.63, 3.8) is 0 Å². The summed E-state index contributed by atoms with van der Waals surface area (Å²) in [5, 5.41) is 12.6. The molecule has 0 aliphatic heterocycles. The van der Waals surface area contributed by atoms with E-state index in [-0.39, 0.29) is 0 Å². The highest BCUT2D eigenvalue weighted by atomic mass is 31.1. The number of nitrogens with zero attached hydrogens (tertiary/aromatic N) is 3. The lowest BCUT2D eigenvalue weighted by Crippen LogP contribution is -2.42. The Morgan fingerprint density at radius 3 is 2.38 bits per heavy atom. The molecule has 0 rings (SSSR count). The van der Waals surface area contributed by atoms with Gasteiger partial charge in [0.2, 0.25) is 0 Å². The number of carbonyl (C=O) groups is 2. The molecule has 13 heteroatoms. The van der Waals surface area contributed by atoms with Gasteiger partial charge in [0.25, 0.3) is 0 Å². The SMILES string of the molecule is CC(=O)OC[C@@H](N=[N+]=[N-])[C@H](OC(CO)[C@H](C)OC(C)=O)O[PH](=O)O. The third kappa shape index (κ3) is 9.46. The molecular formula is C11H20N3O9P. The minimum atomic E-state index is -3.52. The zero-order chi connectivity index (χ0) is 18.7. The summed E-state index contributed by atoms with van der Waals surface area (Å²) in [5.41, 5.74) is 8.56. The van der Waals surface area contributed by atoms with E-state index in [1.807, 2.05) is 0 Å². The summed E-state index contributed by atoms with van der Waals surface area (Å²) in [5.74, 6) is -1.32. The minimum absolute atomic E-state index is 0.487. The normalized spacial score (nSPS) is 16.9. The standard InChI is InChI=1S/C11H20N3O9P/c1-6(21-8(3)17)10(4-15)22-11(23-24(18)19)9(13-14-12)5-20-7(2)16/h6,9-11,15,24H,4-5H2,1-3H3,(H,18,19)/t6-,9+,10?,11+/m0/s1. The average Bonchev–Trinajstić information content (AvgIpc) is 2.46. The Balaban J connectivity index is 5.23. The van der Waals surface area contributed by atoms with Gasteiger partial charge in [0.15, 0.2) is 6.29 Å². The number of hydrogen-bond acceptors (Lipinski definition) is 9. The van der Waals surface area contributed by atoms with Gasteiger partial charge in [-0.05, 0) is 12.5 Å². The molecule has 0 saturated heterocycles. The van der Waals surface area contributed by atoms with E-state index in [0.717, 1.165) is 13.8 Å². The van der Waals surface area contributed by atoms with Crippen molar-refractivity contribution in [3.8, 4) is 0 Å². The molecule has 0 saturated carbocycles. The van der Waals surface area contributed by atoms with E-state index in [4.69, 9.17) is 19.9 Å². The Bertz CT molecular complexity index is 497. The quantitative estimate of drug-likeness (QED) is 0.129. The highest BCUT2D eigenvalue weighted by Crippen LogP contribution is 2.24. The monoisotopic (exact) mass is 369 g/mol. The fourth-order valence-electron chi connectivity index (χ4n) is 1.54. The Hall–Kier alpha value is -1.68. The van der Waals surface area contributed by atoms with E-state index in [1.165, 1.54) is 6.92 Å². The maximum Gasteiger partial charge on any atom is 0.318 e. The molecule has 2 N–H and O–H groups in total. The number of aliphatic hydroxyl groups excluding tert-OH is 1. The van der Waals surface area contributed by atoms with Gasteiger partial charge in [-0.1, -0.05) is 5.11 Å². The second-order valence-electron chi connectivity index (χ2n) is 4.50. The van der Waals surface area contributed by atoms with Gasteiger partial charge in [0.1, 0.15) is 24.9 Å². The molecule has 0 fully saturated rings. The molecule has 2 unspecified atom stereocenters. The van der Waals surface area contributed by atoms with Crippen LogP contribution in [0.1, 0.15) is 20.8 Å².